The van der Waals surface area contributed by atoms with E-state index in [1.165, 1.54) is 19.3 Å². The van der Waals surface area contributed by atoms with Crippen LogP contribution in [0, 0.1) is 5.41 Å². The number of allylic oxidation sites excluding steroid dienone is 1. The molecule has 0 fully saturated rings. The highest BCUT2D eigenvalue weighted by Gasteiger charge is 2.36. The Kier molecular flexibility index (Phi) is 2.28. The number of esters is 1. The van der Waals surface area contributed by atoms with Gasteiger partial charge in [-0.25, -0.2) is 4.79 Å². The van der Waals surface area contributed by atoms with Gasteiger partial charge in [0.05, 0.1) is 7.11 Å². The summed E-state index contributed by atoms with van der Waals surface area (Å²) in [5.74, 6) is -0.661. The third-order valence-electron chi connectivity index (χ3n) is 1.87. The molecule has 0 radical (unpaired) electrons. The monoisotopic (exact) mass is 169 g/mol. The molecule has 1 aliphatic carbocycles. The molecule has 1 aliphatic rings. The standard InChI is InChI=1S/C8H11NO3/c1-12-7(10)8(11)4-2-6(9)3-5-8/h2,4,9,11H,3,5H2,1H3. The van der Waals surface area contributed by atoms with Crippen LogP contribution < -0.4 is 0 Å². The van der Waals surface area contributed by atoms with Crippen molar-refractivity contribution in [3.8, 4) is 0 Å². The molecule has 0 bridgehead atoms. The predicted octanol–water partition coefficient (Wildman–Crippen LogP) is 0.260. The average molecular weight is 169 g/mol. The van der Waals surface area contributed by atoms with E-state index >= 15 is 0 Å². The van der Waals surface area contributed by atoms with Crippen molar-refractivity contribution in [3.63, 3.8) is 0 Å². The van der Waals surface area contributed by atoms with Gasteiger partial charge in [0.25, 0.3) is 0 Å². The van der Waals surface area contributed by atoms with Gasteiger partial charge in [0, 0.05) is 5.71 Å². The van der Waals surface area contributed by atoms with Gasteiger partial charge in [0.2, 0.25) is 0 Å². The first kappa shape index (κ1) is 8.93. The van der Waals surface area contributed by atoms with E-state index in [0.29, 0.717) is 12.1 Å². The molecule has 0 aromatic heterocycles. The quantitative estimate of drug-likeness (QED) is 0.553. The van der Waals surface area contributed by atoms with Crippen molar-refractivity contribution in [2.24, 2.45) is 0 Å². The van der Waals surface area contributed by atoms with Gasteiger partial charge in [-0.05, 0) is 25.0 Å². The summed E-state index contributed by atoms with van der Waals surface area (Å²) in [6, 6.07) is 0. The fourth-order valence-corrected chi connectivity index (χ4v) is 1.08. The Morgan fingerprint density at radius 1 is 1.83 bits per heavy atom. The minimum Gasteiger partial charge on any atom is -0.467 e. The summed E-state index contributed by atoms with van der Waals surface area (Å²) < 4.78 is 4.42. The van der Waals surface area contributed by atoms with Gasteiger partial charge < -0.3 is 15.3 Å². The van der Waals surface area contributed by atoms with Crippen molar-refractivity contribution in [3.05, 3.63) is 12.2 Å². The minimum absolute atomic E-state index is 0.231. The zero-order valence-corrected chi connectivity index (χ0v) is 6.83. The van der Waals surface area contributed by atoms with Gasteiger partial charge in [-0.15, -0.1) is 0 Å². The number of rotatable bonds is 1. The third-order valence-corrected chi connectivity index (χ3v) is 1.87. The fourth-order valence-electron chi connectivity index (χ4n) is 1.08. The van der Waals surface area contributed by atoms with Crippen LogP contribution in [0.4, 0.5) is 0 Å². The highest BCUT2D eigenvalue weighted by atomic mass is 16.5. The van der Waals surface area contributed by atoms with E-state index in [0.717, 1.165) is 0 Å². The Labute approximate surface area is 70.4 Å². The molecule has 0 amide bonds. The summed E-state index contributed by atoms with van der Waals surface area (Å²) in [6.07, 6.45) is 3.38. The van der Waals surface area contributed by atoms with E-state index in [-0.39, 0.29) is 6.42 Å². The Balaban J connectivity index is 2.80. The summed E-state index contributed by atoms with van der Waals surface area (Å²) >= 11 is 0. The van der Waals surface area contributed by atoms with Gasteiger partial charge in [0.1, 0.15) is 0 Å². The van der Waals surface area contributed by atoms with Crippen molar-refractivity contribution in [1.82, 2.24) is 0 Å². The van der Waals surface area contributed by atoms with Crippen LogP contribution in [0.3, 0.4) is 0 Å². The van der Waals surface area contributed by atoms with Crippen LogP contribution in [-0.2, 0) is 9.53 Å². The number of methoxy groups -OCH3 is 1. The molecule has 2 N–H and O–H groups in total. The Morgan fingerprint density at radius 3 is 2.92 bits per heavy atom. The lowest BCUT2D eigenvalue weighted by Gasteiger charge is -2.24. The van der Waals surface area contributed by atoms with Crippen molar-refractivity contribution < 1.29 is 14.6 Å². The summed E-state index contributed by atoms with van der Waals surface area (Å²) in [4.78, 5) is 11.0. The first-order valence-corrected chi connectivity index (χ1v) is 3.66. The molecular weight excluding hydrogens is 158 g/mol. The van der Waals surface area contributed by atoms with Crippen molar-refractivity contribution in [2.45, 2.75) is 18.4 Å². The van der Waals surface area contributed by atoms with Crippen LogP contribution in [0.5, 0.6) is 0 Å². The average Bonchev–Trinajstić information content (AvgIpc) is 2.09. The van der Waals surface area contributed by atoms with Crippen molar-refractivity contribution in [1.29, 1.82) is 5.41 Å². The van der Waals surface area contributed by atoms with Gasteiger partial charge in [-0.3, -0.25) is 0 Å². The molecule has 0 aromatic carbocycles. The molecule has 0 aromatic rings. The summed E-state index contributed by atoms with van der Waals surface area (Å²) in [5.41, 5.74) is -1.09. The van der Waals surface area contributed by atoms with Crippen molar-refractivity contribution in [2.75, 3.05) is 7.11 Å². The molecule has 4 heteroatoms. The molecule has 66 valence electrons. The largest absolute Gasteiger partial charge is 0.467 e. The highest BCUT2D eigenvalue weighted by Crippen LogP contribution is 2.21. The smallest absolute Gasteiger partial charge is 0.341 e. The molecule has 1 unspecified atom stereocenters. The third kappa shape index (κ3) is 1.53. The van der Waals surface area contributed by atoms with Crippen LogP contribution in [-0.4, -0.2) is 29.5 Å². The zero-order valence-electron chi connectivity index (χ0n) is 6.83. The first-order valence-electron chi connectivity index (χ1n) is 3.66. The topological polar surface area (TPSA) is 70.4 Å². The van der Waals surface area contributed by atoms with E-state index < -0.39 is 11.6 Å². The molecule has 1 rings (SSSR count). The zero-order chi connectivity index (χ0) is 9.19. The van der Waals surface area contributed by atoms with Gasteiger partial charge in [-0.1, -0.05) is 0 Å². The maximum absolute atomic E-state index is 11.0. The molecule has 1 atom stereocenters. The van der Waals surface area contributed by atoms with Crippen molar-refractivity contribution >= 4 is 11.7 Å². The first-order chi connectivity index (χ1) is 5.58. The molecule has 0 heterocycles. The number of nitrogens with one attached hydrogen (secondary N) is 1. The maximum Gasteiger partial charge on any atom is 0.341 e. The van der Waals surface area contributed by atoms with Crippen LogP contribution >= 0.6 is 0 Å². The number of ether oxygens (including phenoxy) is 1. The van der Waals surface area contributed by atoms with Crippen LogP contribution in [0.15, 0.2) is 12.2 Å². The second kappa shape index (κ2) is 3.06. The highest BCUT2D eigenvalue weighted by molar-refractivity contribution is 5.96. The SMILES string of the molecule is COC(=O)C1(O)C=CC(=N)CC1. The fraction of sp³-hybridized carbons (Fsp3) is 0.500. The molecular formula is C8H11NO3. The maximum atomic E-state index is 11.0. The van der Waals surface area contributed by atoms with Gasteiger partial charge >= 0.3 is 5.97 Å². The van der Waals surface area contributed by atoms with E-state index in [2.05, 4.69) is 4.74 Å². The lowest BCUT2D eigenvalue weighted by molar-refractivity contribution is -0.157. The lowest BCUT2D eigenvalue weighted by atomic mass is 9.90. The Morgan fingerprint density at radius 2 is 2.50 bits per heavy atom. The lowest BCUT2D eigenvalue weighted by Crippen LogP contribution is -2.39. The number of carbonyl (C=O) groups excluding carboxylic acids is 1. The number of hydrogen-bond donors (Lipinski definition) is 2. The van der Waals surface area contributed by atoms with E-state index in [1.54, 1.807) is 0 Å². The summed E-state index contributed by atoms with van der Waals surface area (Å²) in [5, 5.41) is 16.8. The van der Waals surface area contributed by atoms with Crippen LogP contribution in [0.2, 0.25) is 0 Å². The molecule has 0 saturated heterocycles. The van der Waals surface area contributed by atoms with Gasteiger partial charge in [-0.2, -0.15) is 0 Å². The predicted molar refractivity (Wildman–Crippen MR) is 43.1 cm³/mol. The van der Waals surface area contributed by atoms with Crippen LogP contribution in [0.25, 0.3) is 0 Å². The molecule has 12 heavy (non-hydrogen) atoms. The number of carbonyl (C=O) groups is 1. The Bertz CT molecular complexity index is 247. The Hall–Kier alpha value is -1.16. The molecule has 0 spiro atoms. The van der Waals surface area contributed by atoms with E-state index in [1.807, 2.05) is 0 Å². The van der Waals surface area contributed by atoms with E-state index in [4.69, 9.17) is 5.41 Å². The van der Waals surface area contributed by atoms with E-state index in [9.17, 15) is 9.90 Å². The minimum atomic E-state index is -1.51. The van der Waals surface area contributed by atoms with Crippen LogP contribution in [0.1, 0.15) is 12.8 Å². The number of aliphatic hydroxyl groups is 1. The van der Waals surface area contributed by atoms with Gasteiger partial charge in [0.15, 0.2) is 5.60 Å². The number of hydrogen-bond acceptors (Lipinski definition) is 4. The molecule has 0 aliphatic heterocycles. The second-order valence-electron chi connectivity index (χ2n) is 2.77. The molecule has 0 saturated carbocycles. The molecule has 4 nitrogen and oxygen atoms in total. The summed E-state index contributed by atoms with van der Waals surface area (Å²) in [7, 11) is 1.23. The normalized spacial score (nSPS) is 28.7. The summed E-state index contributed by atoms with van der Waals surface area (Å²) in [6.45, 7) is 0. The second-order valence-corrected chi connectivity index (χ2v) is 2.77.